The molecule has 0 radical (unpaired) electrons. The Hall–Kier alpha value is -0.820. The van der Waals surface area contributed by atoms with Crippen LogP contribution in [0.5, 0.6) is 0 Å². The van der Waals surface area contributed by atoms with Crippen molar-refractivity contribution in [2.24, 2.45) is 7.05 Å². The predicted octanol–water partition coefficient (Wildman–Crippen LogP) is 1.16. The number of hydrogen-bond donors (Lipinski definition) is 1. The Kier molecular flexibility index (Phi) is 9.61. The zero-order valence-electron chi connectivity index (χ0n) is 12.4. The Labute approximate surface area is 138 Å². The summed E-state index contributed by atoms with van der Waals surface area (Å²) in [6.07, 6.45) is 5.93. The second-order valence-corrected chi connectivity index (χ2v) is 4.86. The third kappa shape index (κ3) is 5.47. The maximum atomic E-state index is 12.2. The summed E-state index contributed by atoms with van der Waals surface area (Å²) in [7, 11) is 3.55. The summed E-state index contributed by atoms with van der Waals surface area (Å²) in [5, 5.41) is 7.29. The van der Waals surface area contributed by atoms with E-state index in [9.17, 15) is 4.79 Å². The van der Waals surface area contributed by atoms with Crippen LogP contribution in [0.2, 0.25) is 0 Å². The fraction of sp³-hybridized carbons (Fsp3) is 0.692. The highest BCUT2D eigenvalue weighted by atomic mass is 35.5. The molecule has 122 valence electrons. The number of nitrogens with zero attached hydrogens (tertiary/aromatic N) is 3. The number of aromatic nitrogens is 2. The lowest BCUT2D eigenvalue weighted by molar-refractivity contribution is -0.131. The lowest BCUT2D eigenvalue weighted by Gasteiger charge is -2.24. The van der Waals surface area contributed by atoms with Crippen LogP contribution in [0.15, 0.2) is 12.4 Å². The number of hydrogen-bond acceptors (Lipinski definition) is 4. The molecule has 1 fully saturated rings. The van der Waals surface area contributed by atoms with Crippen molar-refractivity contribution in [1.82, 2.24) is 20.0 Å². The fourth-order valence-corrected chi connectivity index (χ4v) is 2.50. The third-order valence-electron chi connectivity index (χ3n) is 3.44. The van der Waals surface area contributed by atoms with Gasteiger partial charge in [0.15, 0.2) is 0 Å². The van der Waals surface area contributed by atoms with Gasteiger partial charge in [-0.2, -0.15) is 5.10 Å². The van der Waals surface area contributed by atoms with Gasteiger partial charge in [0.1, 0.15) is 0 Å². The molecule has 6 nitrogen and oxygen atoms in total. The lowest BCUT2D eigenvalue weighted by atomic mass is 10.1. The number of nitrogens with one attached hydrogen (secondary N) is 1. The van der Waals surface area contributed by atoms with Crippen LogP contribution >= 0.6 is 24.8 Å². The van der Waals surface area contributed by atoms with Crippen LogP contribution in [0.3, 0.4) is 0 Å². The van der Waals surface area contributed by atoms with Gasteiger partial charge in [-0.05, 0) is 12.8 Å². The van der Waals surface area contributed by atoms with Crippen molar-refractivity contribution in [1.29, 1.82) is 0 Å². The van der Waals surface area contributed by atoms with Crippen LogP contribution < -0.4 is 5.32 Å². The van der Waals surface area contributed by atoms with E-state index in [0.29, 0.717) is 19.7 Å². The van der Waals surface area contributed by atoms with Gasteiger partial charge in [0, 0.05) is 39.0 Å². The Morgan fingerprint density at radius 2 is 2.29 bits per heavy atom. The van der Waals surface area contributed by atoms with E-state index in [1.165, 1.54) is 0 Å². The number of halogens is 2. The molecule has 2 rings (SSSR count). The second-order valence-electron chi connectivity index (χ2n) is 4.86. The van der Waals surface area contributed by atoms with E-state index in [1.807, 2.05) is 24.3 Å². The standard InChI is InChI=1S/C13H22N4O2.2ClH/c1-16-10-11(8-15-16)12-4-3-6-17(12)13(18)9-14-5-7-19-2;;/h8,10,12,14H,3-7,9H2,1-2H3;2*1H. The molecule has 0 aliphatic carbocycles. The van der Waals surface area contributed by atoms with Crippen molar-refractivity contribution in [3.63, 3.8) is 0 Å². The van der Waals surface area contributed by atoms with E-state index >= 15 is 0 Å². The summed E-state index contributed by atoms with van der Waals surface area (Å²) in [6, 6.07) is 0.186. The zero-order valence-corrected chi connectivity index (χ0v) is 14.1. The van der Waals surface area contributed by atoms with Gasteiger partial charge in [-0.15, -0.1) is 24.8 Å². The van der Waals surface area contributed by atoms with Gasteiger partial charge >= 0.3 is 0 Å². The van der Waals surface area contributed by atoms with Gasteiger partial charge in [-0.3, -0.25) is 9.48 Å². The van der Waals surface area contributed by atoms with Crippen LogP contribution in [0.4, 0.5) is 0 Å². The summed E-state index contributed by atoms with van der Waals surface area (Å²) < 4.78 is 6.73. The van der Waals surface area contributed by atoms with Crippen molar-refractivity contribution in [3.05, 3.63) is 18.0 Å². The van der Waals surface area contributed by atoms with E-state index in [1.54, 1.807) is 11.8 Å². The molecule has 1 saturated heterocycles. The molecule has 0 aromatic carbocycles. The van der Waals surface area contributed by atoms with Crippen LogP contribution in [0.25, 0.3) is 0 Å². The second kappa shape index (κ2) is 10.00. The number of amides is 1. The van der Waals surface area contributed by atoms with Gasteiger partial charge in [0.2, 0.25) is 5.91 Å². The van der Waals surface area contributed by atoms with Crippen LogP contribution in [-0.2, 0) is 16.6 Å². The predicted molar refractivity (Wildman–Crippen MR) is 86.1 cm³/mol. The number of aryl methyl sites for hydroxylation is 1. The first kappa shape index (κ1) is 20.2. The Morgan fingerprint density at radius 1 is 1.52 bits per heavy atom. The SMILES string of the molecule is COCCNCC(=O)N1CCCC1c1cnn(C)c1.Cl.Cl. The normalized spacial score (nSPS) is 17.2. The smallest absolute Gasteiger partial charge is 0.237 e. The number of rotatable bonds is 6. The van der Waals surface area contributed by atoms with Crippen molar-refractivity contribution in [2.45, 2.75) is 18.9 Å². The van der Waals surface area contributed by atoms with Gasteiger partial charge in [0.05, 0.1) is 25.4 Å². The van der Waals surface area contributed by atoms with Crippen molar-refractivity contribution >= 4 is 30.7 Å². The van der Waals surface area contributed by atoms with E-state index in [2.05, 4.69) is 10.4 Å². The third-order valence-corrected chi connectivity index (χ3v) is 3.44. The highest BCUT2D eigenvalue weighted by Crippen LogP contribution is 2.31. The first-order chi connectivity index (χ1) is 9.22. The molecule has 2 heterocycles. The minimum absolute atomic E-state index is 0. The molecule has 1 atom stereocenters. The number of methoxy groups -OCH3 is 1. The molecule has 8 heteroatoms. The molecule has 1 unspecified atom stereocenters. The van der Waals surface area contributed by atoms with E-state index in [0.717, 1.165) is 24.9 Å². The Balaban J connectivity index is 0.00000200. The molecule has 21 heavy (non-hydrogen) atoms. The van der Waals surface area contributed by atoms with Crippen LogP contribution in [-0.4, -0.2) is 53.9 Å². The molecule has 1 aliphatic rings. The Morgan fingerprint density at radius 3 is 2.90 bits per heavy atom. The maximum Gasteiger partial charge on any atom is 0.237 e. The first-order valence-corrected chi connectivity index (χ1v) is 6.70. The van der Waals surface area contributed by atoms with E-state index in [4.69, 9.17) is 4.74 Å². The minimum Gasteiger partial charge on any atom is -0.383 e. The average Bonchev–Trinajstić information content (AvgIpc) is 3.02. The zero-order chi connectivity index (χ0) is 13.7. The van der Waals surface area contributed by atoms with E-state index in [-0.39, 0.29) is 36.8 Å². The topological polar surface area (TPSA) is 59.4 Å². The number of ether oxygens (including phenoxy) is 1. The summed E-state index contributed by atoms with van der Waals surface area (Å²) in [4.78, 5) is 14.1. The van der Waals surface area contributed by atoms with Crippen LogP contribution in [0, 0.1) is 0 Å². The molecule has 0 saturated carbocycles. The van der Waals surface area contributed by atoms with Gasteiger partial charge in [0.25, 0.3) is 0 Å². The summed E-state index contributed by atoms with van der Waals surface area (Å²) in [6.45, 7) is 2.54. The summed E-state index contributed by atoms with van der Waals surface area (Å²) >= 11 is 0. The molecule has 0 bridgehead atoms. The highest BCUT2D eigenvalue weighted by Gasteiger charge is 2.30. The van der Waals surface area contributed by atoms with Gasteiger partial charge in [-0.25, -0.2) is 0 Å². The molecule has 1 aromatic rings. The summed E-state index contributed by atoms with van der Waals surface area (Å²) in [5.41, 5.74) is 1.13. The molecular formula is C13H24Cl2N4O2. The molecule has 1 aromatic heterocycles. The van der Waals surface area contributed by atoms with Crippen molar-refractivity contribution < 1.29 is 9.53 Å². The minimum atomic E-state index is 0. The first-order valence-electron chi connectivity index (χ1n) is 6.70. The quantitative estimate of drug-likeness (QED) is 0.791. The van der Waals surface area contributed by atoms with Crippen molar-refractivity contribution in [3.8, 4) is 0 Å². The largest absolute Gasteiger partial charge is 0.383 e. The van der Waals surface area contributed by atoms with E-state index < -0.39 is 0 Å². The molecule has 1 amide bonds. The van der Waals surface area contributed by atoms with Crippen LogP contribution in [0.1, 0.15) is 24.4 Å². The van der Waals surface area contributed by atoms with Gasteiger partial charge in [-0.1, -0.05) is 0 Å². The maximum absolute atomic E-state index is 12.2. The molecule has 1 aliphatic heterocycles. The highest BCUT2D eigenvalue weighted by molar-refractivity contribution is 5.85. The number of carbonyl (C=O) groups is 1. The molecule has 0 spiro atoms. The number of carbonyl (C=O) groups excluding carboxylic acids is 1. The summed E-state index contributed by atoms with van der Waals surface area (Å²) in [5.74, 6) is 0.155. The lowest BCUT2D eigenvalue weighted by Crippen LogP contribution is -2.38. The van der Waals surface area contributed by atoms with Gasteiger partial charge < -0.3 is 15.0 Å². The fourth-order valence-electron chi connectivity index (χ4n) is 2.50. The number of likely N-dealkylation sites (tertiary alicyclic amines) is 1. The monoisotopic (exact) mass is 338 g/mol. The Bertz CT molecular complexity index is 428. The molecular weight excluding hydrogens is 315 g/mol. The average molecular weight is 339 g/mol. The molecule has 1 N–H and O–H groups in total. The van der Waals surface area contributed by atoms with Crippen molar-refractivity contribution in [2.75, 3.05) is 33.4 Å².